The number of benzene rings is 4. The molecule has 7 rings (SSSR count). The number of hydrogen-bond acceptors (Lipinski definition) is 6. The number of likely N-dealkylation sites (tertiary alicyclic amines) is 1. The summed E-state index contributed by atoms with van der Waals surface area (Å²) in [5, 5.41) is 13.0. The minimum absolute atomic E-state index is 0.0204. The standard InChI is InChI=1S/C41H37F7N4O5/c1-50-32-13-3-2-9-29(32)36(41(46,47)48)35(38(50)54)28-12-7-10-26-23(8-6-11-27(26)28)19-31(39(55)56)49-37(53)34-24(21-51-14-4-5-15-51)18-25(20-30(34)42)52-16-17-57-22-33(52)40(43,44)45/h2-3,6-13,18,20,31,33H,4-5,14-17,19,21-22H2,1H3,(H,49,53)(H,55,56)/t31-,33+/m0/s1. The van der Waals surface area contributed by atoms with Crippen molar-refractivity contribution in [1.29, 1.82) is 0 Å². The van der Waals surface area contributed by atoms with E-state index in [1.54, 1.807) is 6.07 Å². The van der Waals surface area contributed by atoms with E-state index >= 15 is 4.39 Å². The van der Waals surface area contributed by atoms with Crippen molar-refractivity contribution in [1.82, 2.24) is 14.8 Å². The van der Waals surface area contributed by atoms with E-state index in [2.05, 4.69) is 5.32 Å². The van der Waals surface area contributed by atoms with Crippen LogP contribution in [0.25, 0.3) is 32.8 Å². The quantitative estimate of drug-likeness (QED) is 0.151. The molecular formula is C41H37F7N4O5. The van der Waals surface area contributed by atoms with Gasteiger partial charge in [-0.2, -0.15) is 26.3 Å². The second kappa shape index (κ2) is 15.5. The highest BCUT2D eigenvalue weighted by molar-refractivity contribution is 6.02. The van der Waals surface area contributed by atoms with E-state index in [0.29, 0.717) is 24.0 Å². The van der Waals surface area contributed by atoms with Gasteiger partial charge in [0.2, 0.25) is 0 Å². The Morgan fingerprint density at radius 1 is 0.895 bits per heavy atom. The zero-order valence-corrected chi connectivity index (χ0v) is 30.5. The molecule has 57 heavy (non-hydrogen) atoms. The number of carbonyl (C=O) groups excluding carboxylic acids is 1. The molecule has 0 unspecified atom stereocenters. The van der Waals surface area contributed by atoms with Gasteiger partial charge >= 0.3 is 18.3 Å². The number of nitrogens with zero attached hydrogens (tertiary/aromatic N) is 3. The molecule has 1 amide bonds. The summed E-state index contributed by atoms with van der Waals surface area (Å²) in [4.78, 5) is 43.2. The molecule has 5 aromatic rings. The largest absolute Gasteiger partial charge is 0.480 e. The van der Waals surface area contributed by atoms with Gasteiger partial charge in [-0.05, 0) is 71.6 Å². The Morgan fingerprint density at radius 2 is 1.58 bits per heavy atom. The van der Waals surface area contributed by atoms with E-state index in [1.165, 1.54) is 67.7 Å². The van der Waals surface area contributed by atoms with Crippen LogP contribution in [0.5, 0.6) is 0 Å². The number of halogens is 7. The number of fused-ring (bicyclic) bond motifs is 2. The SMILES string of the molecule is Cn1c(=O)c(-c2cccc3c(C[C@H](NC(=O)c4c(F)cc(N5CCOC[C@@H]5C(F)(F)F)cc4CN4CCCC4)C(=O)O)cccc23)c(C(F)(F)F)c2ccccc21. The summed E-state index contributed by atoms with van der Waals surface area (Å²) < 4.78 is 109. The second-order valence-electron chi connectivity index (χ2n) is 14.3. The van der Waals surface area contributed by atoms with Crippen molar-refractivity contribution in [2.45, 2.75) is 50.2 Å². The molecule has 4 aromatic carbocycles. The number of anilines is 1. The molecule has 0 saturated carbocycles. The van der Waals surface area contributed by atoms with Crippen molar-refractivity contribution in [3.05, 3.63) is 111 Å². The van der Waals surface area contributed by atoms with E-state index < -0.39 is 77.4 Å². The molecule has 0 spiro atoms. The third-order valence-corrected chi connectivity index (χ3v) is 10.7. The Morgan fingerprint density at radius 3 is 2.28 bits per heavy atom. The van der Waals surface area contributed by atoms with Crippen LogP contribution in [-0.2, 0) is 35.7 Å². The first-order valence-electron chi connectivity index (χ1n) is 18.2. The molecule has 16 heteroatoms. The van der Waals surface area contributed by atoms with Gasteiger partial charge in [0.05, 0.1) is 35.4 Å². The highest BCUT2D eigenvalue weighted by atomic mass is 19.4. The summed E-state index contributed by atoms with van der Waals surface area (Å²) in [5.74, 6) is -3.74. The minimum atomic E-state index is -4.93. The number of alkyl halides is 6. The molecule has 2 fully saturated rings. The Kier molecular flexibility index (Phi) is 10.8. The number of rotatable bonds is 9. The summed E-state index contributed by atoms with van der Waals surface area (Å²) >= 11 is 0. The topological polar surface area (TPSA) is 104 Å². The fourth-order valence-corrected chi connectivity index (χ4v) is 8.02. The molecule has 1 aromatic heterocycles. The number of amides is 1. The monoisotopic (exact) mass is 798 g/mol. The van der Waals surface area contributed by atoms with Gasteiger partial charge in [-0.3, -0.25) is 14.5 Å². The number of nitrogens with one attached hydrogen (secondary N) is 1. The number of hydrogen-bond donors (Lipinski definition) is 2. The van der Waals surface area contributed by atoms with Gasteiger partial charge in [-0.25, -0.2) is 9.18 Å². The van der Waals surface area contributed by atoms with Crippen LogP contribution in [0, 0.1) is 5.82 Å². The molecule has 3 heterocycles. The number of aryl methyl sites for hydroxylation is 1. The second-order valence-corrected chi connectivity index (χ2v) is 14.3. The molecule has 300 valence electrons. The lowest BCUT2D eigenvalue weighted by atomic mass is 9.90. The molecule has 2 N–H and O–H groups in total. The van der Waals surface area contributed by atoms with Crippen LogP contribution in [0.3, 0.4) is 0 Å². The van der Waals surface area contributed by atoms with Gasteiger partial charge in [0.15, 0.2) is 0 Å². The maximum atomic E-state index is 16.1. The zero-order valence-electron chi connectivity index (χ0n) is 30.5. The Balaban J connectivity index is 1.26. The number of morpholine rings is 1. The van der Waals surface area contributed by atoms with Gasteiger partial charge in [0.1, 0.15) is 17.9 Å². The molecule has 2 atom stereocenters. The smallest absolute Gasteiger partial charge is 0.417 e. The third-order valence-electron chi connectivity index (χ3n) is 10.7. The van der Waals surface area contributed by atoms with Crippen LogP contribution >= 0.6 is 0 Å². The van der Waals surface area contributed by atoms with Crippen LogP contribution in [0.2, 0.25) is 0 Å². The van der Waals surface area contributed by atoms with Crippen LogP contribution in [0.15, 0.2) is 77.6 Å². The van der Waals surface area contributed by atoms with Crippen molar-refractivity contribution in [2.75, 3.05) is 37.7 Å². The van der Waals surface area contributed by atoms with E-state index in [4.69, 9.17) is 4.74 Å². The van der Waals surface area contributed by atoms with E-state index in [9.17, 15) is 45.8 Å². The number of ether oxygens (including phenoxy) is 1. The first-order chi connectivity index (χ1) is 27.0. The molecule has 0 radical (unpaired) electrons. The number of aliphatic carboxylic acids is 1. The van der Waals surface area contributed by atoms with E-state index in [1.807, 2.05) is 4.90 Å². The predicted molar refractivity (Wildman–Crippen MR) is 199 cm³/mol. The third kappa shape index (κ3) is 7.80. The predicted octanol–water partition coefficient (Wildman–Crippen LogP) is 7.31. The van der Waals surface area contributed by atoms with Crippen LogP contribution in [0.1, 0.15) is 39.9 Å². The first-order valence-corrected chi connectivity index (χ1v) is 18.2. The molecular weight excluding hydrogens is 761 g/mol. The average molecular weight is 799 g/mol. The number of para-hydroxylation sites is 1. The van der Waals surface area contributed by atoms with Gasteiger partial charge in [-0.15, -0.1) is 0 Å². The summed E-state index contributed by atoms with van der Waals surface area (Å²) in [6.07, 6.45) is -8.37. The number of carbonyl (C=O) groups is 2. The Hall–Kier alpha value is -5.48. The van der Waals surface area contributed by atoms with Gasteiger partial charge in [0, 0.05) is 37.6 Å². The molecule has 2 saturated heterocycles. The lowest BCUT2D eigenvalue weighted by molar-refractivity contribution is -0.167. The highest BCUT2D eigenvalue weighted by Gasteiger charge is 2.46. The van der Waals surface area contributed by atoms with Crippen molar-refractivity contribution < 1.29 is 50.2 Å². The number of aromatic nitrogens is 1. The molecule has 9 nitrogen and oxygen atoms in total. The normalized spacial score (nSPS) is 17.3. The Labute approximate surface area is 321 Å². The zero-order chi connectivity index (χ0) is 40.8. The first kappa shape index (κ1) is 39.7. The van der Waals surface area contributed by atoms with Crippen LogP contribution in [0.4, 0.5) is 36.4 Å². The maximum absolute atomic E-state index is 16.1. The maximum Gasteiger partial charge on any atom is 0.417 e. The average Bonchev–Trinajstić information content (AvgIpc) is 3.68. The van der Waals surface area contributed by atoms with E-state index in [0.717, 1.165) is 28.4 Å². The van der Waals surface area contributed by atoms with Gasteiger partial charge < -0.3 is 24.6 Å². The number of carboxylic acid groups (broad SMARTS) is 1. The fraction of sp³-hybridized carbons (Fsp3) is 0.341. The summed E-state index contributed by atoms with van der Waals surface area (Å²) in [6.45, 7) is 0.355. The number of pyridine rings is 1. The minimum Gasteiger partial charge on any atom is -0.480 e. The lowest BCUT2D eigenvalue weighted by Crippen LogP contribution is -2.53. The van der Waals surface area contributed by atoms with Crippen LogP contribution < -0.4 is 15.8 Å². The van der Waals surface area contributed by atoms with Crippen molar-refractivity contribution in [3.8, 4) is 11.1 Å². The van der Waals surface area contributed by atoms with Crippen molar-refractivity contribution >= 4 is 39.2 Å². The highest BCUT2D eigenvalue weighted by Crippen LogP contribution is 2.42. The van der Waals surface area contributed by atoms with Crippen molar-refractivity contribution in [3.63, 3.8) is 0 Å². The van der Waals surface area contributed by atoms with Gasteiger partial charge in [-0.1, -0.05) is 54.6 Å². The molecule has 2 aliphatic rings. The summed E-state index contributed by atoms with van der Waals surface area (Å²) in [5.41, 5.74) is -2.78. The van der Waals surface area contributed by atoms with E-state index in [-0.39, 0.29) is 52.8 Å². The summed E-state index contributed by atoms with van der Waals surface area (Å²) in [6, 6.07) is 13.0. The lowest BCUT2D eigenvalue weighted by Gasteiger charge is -2.38. The Bertz CT molecular complexity index is 2420. The fourth-order valence-electron chi connectivity index (χ4n) is 8.02. The molecule has 2 aliphatic heterocycles. The molecule has 0 bridgehead atoms. The van der Waals surface area contributed by atoms with Crippen molar-refractivity contribution in [2.24, 2.45) is 7.05 Å². The number of carboxylic acids is 1. The van der Waals surface area contributed by atoms with Gasteiger partial charge in [0.25, 0.3) is 11.5 Å². The summed E-state index contributed by atoms with van der Waals surface area (Å²) in [7, 11) is 1.37. The van der Waals surface area contributed by atoms with Crippen LogP contribution in [-0.4, -0.2) is 77.6 Å². The molecule has 0 aliphatic carbocycles.